The van der Waals surface area contributed by atoms with Gasteiger partial charge in [0.05, 0.1) is 9.52 Å². The van der Waals surface area contributed by atoms with E-state index in [1.165, 1.54) is 51.4 Å². The highest BCUT2D eigenvalue weighted by Gasteiger charge is 2.49. The molecule has 1 aromatic rings. The molecule has 3 atom stereocenters. The van der Waals surface area contributed by atoms with Crippen LogP contribution in [0.5, 0.6) is 0 Å². The highest BCUT2D eigenvalue weighted by Crippen LogP contribution is 2.61. The van der Waals surface area contributed by atoms with Gasteiger partial charge in [0.2, 0.25) is 0 Å². The molecule has 0 spiro atoms. The molecule has 24 heavy (non-hydrogen) atoms. The van der Waals surface area contributed by atoms with Crippen LogP contribution in [0.4, 0.5) is 0 Å². The van der Waals surface area contributed by atoms with Gasteiger partial charge in [-0.05, 0) is 42.1 Å². The number of hydrogen-bond donors (Lipinski definition) is 0. The van der Waals surface area contributed by atoms with Gasteiger partial charge in [0.1, 0.15) is 0 Å². The van der Waals surface area contributed by atoms with Crippen LogP contribution in [-0.4, -0.2) is 9.52 Å². The van der Waals surface area contributed by atoms with E-state index in [4.69, 9.17) is 0 Å². The van der Waals surface area contributed by atoms with Gasteiger partial charge < -0.3 is 0 Å². The maximum Gasteiger partial charge on any atom is 0.0662 e. The molecular weight excluding hydrogens is 304 g/mol. The van der Waals surface area contributed by atoms with E-state index >= 15 is 0 Å². The molecule has 0 nitrogen and oxygen atoms in total. The smallest absolute Gasteiger partial charge is 0.0662 e. The first-order valence-electron chi connectivity index (χ1n) is 10.2. The lowest BCUT2D eigenvalue weighted by molar-refractivity contribution is 0.287. The summed E-state index contributed by atoms with van der Waals surface area (Å²) < 4.78 is 0. The van der Waals surface area contributed by atoms with Crippen LogP contribution in [0.3, 0.4) is 0 Å². The maximum absolute atomic E-state index is 2.58. The molecule has 4 rings (SSSR count). The van der Waals surface area contributed by atoms with E-state index in [2.05, 4.69) is 55.5 Å². The Bertz CT molecular complexity index is 608. The Morgan fingerprint density at radius 3 is 2.67 bits per heavy atom. The molecule has 2 saturated carbocycles. The van der Waals surface area contributed by atoms with Crippen LogP contribution in [0.2, 0.25) is 5.04 Å². The third-order valence-electron chi connectivity index (χ3n) is 7.17. The largest absolute Gasteiger partial charge is 0.0839 e. The molecule has 0 aliphatic heterocycles. The summed E-state index contributed by atoms with van der Waals surface area (Å²) in [7, 11) is -0.302. The summed E-state index contributed by atoms with van der Waals surface area (Å²) in [5.74, 6) is 2.72. The first-order chi connectivity index (χ1) is 11.8. The fourth-order valence-electron chi connectivity index (χ4n) is 5.94. The standard InChI is InChI=1S/C23H32Si/c1-18-16-20-12-8-9-15-22(20)23(18,17-19-10-4-2-5-11-19)24-21-13-6-3-7-14-21/h3,6-9,13-15,18-20H,2,4-5,10-12,16-17,24H2,1H3. The van der Waals surface area contributed by atoms with Crippen LogP contribution in [-0.2, 0) is 0 Å². The molecule has 1 aromatic carbocycles. The van der Waals surface area contributed by atoms with Crippen LogP contribution in [0.1, 0.15) is 58.3 Å². The quantitative estimate of drug-likeness (QED) is 0.667. The summed E-state index contributed by atoms with van der Waals surface area (Å²) >= 11 is 0. The van der Waals surface area contributed by atoms with Gasteiger partial charge in [-0.15, -0.1) is 0 Å². The number of fused-ring (bicyclic) bond motifs is 1. The minimum atomic E-state index is -0.302. The van der Waals surface area contributed by atoms with Crippen LogP contribution >= 0.6 is 0 Å². The molecule has 0 saturated heterocycles. The van der Waals surface area contributed by atoms with E-state index in [1.807, 2.05) is 5.57 Å². The van der Waals surface area contributed by atoms with E-state index < -0.39 is 0 Å². The Labute approximate surface area is 150 Å². The Balaban J connectivity index is 1.68. The summed E-state index contributed by atoms with van der Waals surface area (Å²) in [5.41, 5.74) is 1.86. The number of benzene rings is 1. The highest BCUT2D eigenvalue weighted by molar-refractivity contribution is 6.58. The zero-order valence-corrected chi connectivity index (χ0v) is 16.6. The number of rotatable bonds is 4. The predicted octanol–water partition coefficient (Wildman–Crippen LogP) is 5.15. The summed E-state index contributed by atoms with van der Waals surface area (Å²) in [5, 5.41) is 2.23. The molecule has 128 valence electrons. The van der Waals surface area contributed by atoms with Crippen molar-refractivity contribution >= 4 is 14.7 Å². The Morgan fingerprint density at radius 2 is 1.88 bits per heavy atom. The summed E-state index contributed by atoms with van der Waals surface area (Å²) in [6.07, 6.45) is 18.9. The van der Waals surface area contributed by atoms with E-state index in [-0.39, 0.29) is 9.52 Å². The second-order valence-corrected chi connectivity index (χ2v) is 11.1. The second kappa shape index (κ2) is 7.04. The predicted molar refractivity (Wildman–Crippen MR) is 108 cm³/mol. The van der Waals surface area contributed by atoms with Crippen LogP contribution in [0, 0.1) is 17.8 Å². The second-order valence-electron chi connectivity index (χ2n) is 8.65. The highest BCUT2D eigenvalue weighted by atomic mass is 28.2. The van der Waals surface area contributed by atoms with E-state index in [0.29, 0.717) is 5.04 Å². The van der Waals surface area contributed by atoms with Crippen molar-refractivity contribution in [2.45, 2.75) is 63.3 Å². The van der Waals surface area contributed by atoms with E-state index in [1.54, 1.807) is 5.19 Å². The van der Waals surface area contributed by atoms with E-state index in [0.717, 1.165) is 17.8 Å². The molecule has 0 radical (unpaired) electrons. The number of allylic oxidation sites excluding steroid dienone is 4. The third-order valence-corrected chi connectivity index (χ3v) is 10.1. The fourth-order valence-corrected chi connectivity index (χ4v) is 8.86. The molecule has 0 bridgehead atoms. The van der Waals surface area contributed by atoms with Crippen LogP contribution < -0.4 is 5.19 Å². The van der Waals surface area contributed by atoms with Crippen LogP contribution in [0.15, 0.2) is 54.1 Å². The molecule has 0 aromatic heterocycles. The molecule has 0 heterocycles. The van der Waals surface area contributed by atoms with Crippen molar-refractivity contribution in [2.24, 2.45) is 17.8 Å². The van der Waals surface area contributed by atoms with Gasteiger partial charge in [0.25, 0.3) is 0 Å². The normalized spacial score (nSPS) is 33.8. The summed E-state index contributed by atoms with van der Waals surface area (Å²) in [6.45, 7) is 2.58. The molecule has 3 aliphatic rings. The first kappa shape index (κ1) is 16.4. The van der Waals surface area contributed by atoms with Crippen molar-refractivity contribution in [2.75, 3.05) is 0 Å². The van der Waals surface area contributed by atoms with Crippen molar-refractivity contribution in [3.05, 3.63) is 54.1 Å². The summed E-state index contributed by atoms with van der Waals surface area (Å²) in [4.78, 5) is 0. The fraction of sp³-hybridized carbons (Fsp3) is 0.565. The van der Waals surface area contributed by atoms with Gasteiger partial charge in [-0.25, -0.2) is 0 Å². The van der Waals surface area contributed by atoms with Crippen molar-refractivity contribution in [1.82, 2.24) is 0 Å². The molecule has 3 aliphatic carbocycles. The third kappa shape index (κ3) is 3.08. The Kier molecular flexibility index (Phi) is 4.80. The minimum Gasteiger partial charge on any atom is -0.0839 e. The van der Waals surface area contributed by atoms with Gasteiger partial charge in [-0.3, -0.25) is 0 Å². The maximum atomic E-state index is 2.58. The average Bonchev–Trinajstić information content (AvgIpc) is 2.89. The van der Waals surface area contributed by atoms with Crippen molar-refractivity contribution in [1.29, 1.82) is 0 Å². The summed E-state index contributed by atoms with van der Waals surface area (Å²) in [6, 6.07) is 11.5. The van der Waals surface area contributed by atoms with Gasteiger partial charge in [0, 0.05) is 0 Å². The van der Waals surface area contributed by atoms with Crippen LogP contribution in [0.25, 0.3) is 0 Å². The van der Waals surface area contributed by atoms with Gasteiger partial charge in [0.15, 0.2) is 0 Å². The van der Waals surface area contributed by atoms with Gasteiger partial charge >= 0.3 is 0 Å². The molecular formula is C23H32Si. The minimum absolute atomic E-state index is 0.302. The SMILES string of the molecule is CC1CC2CC=CC=C2C1(CC1CCCCC1)[SiH2]c1ccccc1. The number of hydrogen-bond acceptors (Lipinski definition) is 0. The molecule has 2 fully saturated rings. The monoisotopic (exact) mass is 336 g/mol. The molecule has 3 unspecified atom stereocenters. The zero-order valence-electron chi connectivity index (χ0n) is 15.2. The van der Waals surface area contributed by atoms with Crippen molar-refractivity contribution < 1.29 is 0 Å². The lowest BCUT2D eigenvalue weighted by Gasteiger charge is -2.40. The van der Waals surface area contributed by atoms with Crippen molar-refractivity contribution in [3.8, 4) is 0 Å². The molecule has 1 heteroatoms. The zero-order chi connectivity index (χ0) is 16.4. The molecule has 0 N–H and O–H groups in total. The van der Waals surface area contributed by atoms with Gasteiger partial charge in [-0.2, -0.15) is 0 Å². The van der Waals surface area contributed by atoms with Crippen molar-refractivity contribution in [3.63, 3.8) is 0 Å². The Hall–Kier alpha value is -1.08. The average molecular weight is 337 g/mol. The van der Waals surface area contributed by atoms with Gasteiger partial charge in [-0.1, -0.05) is 98.3 Å². The lowest BCUT2D eigenvalue weighted by atomic mass is 9.77. The van der Waals surface area contributed by atoms with E-state index in [9.17, 15) is 0 Å². The first-order valence-corrected chi connectivity index (χ1v) is 11.6. The lowest BCUT2D eigenvalue weighted by Crippen LogP contribution is -2.36. The molecule has 0 amide bonds. The topological polar surface area (TPSA) is 0 Å². The Morgan fingerprint density at radius 1 is 1.08 bits per heavy atom.